The molecule has 1 aromatic heterocycles. The van der Waals surface area contributed by atoms with Crippen molar-refractivity contribution in [3.05, 3.63) is 69.7 Å². The van der Waals surface area contributed by atoms with Gasteiger partial charge in [-0.05, 0) is 29.8 Å². The van der Waals surface area contributed by atoms with Gasteiger partial charge in [-0.2, -0.15) is 0 Å². The molecule has 8 heteroatoms. The molecule has 1 aliphatic rings. The van der Waals surface area contributed by atoms with E-state index in [1.807, 2.05) is 6.07 Å². The van der Waals surface area contributed by atoms with Gasteiger partial charge in [0.05, 0.1) is 6.07 Å². The molecule has 1 aromatic carbocycles. The zero-order valence-electron chi connectivity index (χ0n) is 14.0. The Morgan fingerprint density at radius 3 is 2.65 bits per heavy atom. The van der Waals surface area contributed by atoms with E-state index in [1.165, 1.54) is 36.4 Å². The van der Waals surface area contributed by atoms with Crippen LogP contribution in [0.25, 0.3) is 6.08 Å². The molecule has 3 rings (SSSR count). The first-order valence-corrected chi connectivity index (χ1v) is 8.19. The normalized spacial score (nSPS) is 15.5. The van der Waals surface area contributed by atoms with Crippen molar-refractivity contribution in [3.63, 3.8) is 0 Å². The molecule has 2 heterocycles. The highest BCUT2D eigenvalue weighted by Gasteiger charge is 2.20. The van der Waals surface area contributed by atoms with E-state index in [0.29, 0.717) is 32.7 Å². The van der Waals surface area contributed by atoms with Crippen molar-refractivity contribution in [2.45, 2.75) is 6.54 Å². The second-order valence-corrected chi connectivity index (χ2v) is 6.00. The van der Waals surface area contributed by atoms with Gasteiger partial charge in [-0.1, -0.05) is 12.1 Å². The van der Waals surface area contributed by atoms with Crippen LogP contribution < -0.4 is 0 Å². The first-order chi connectivity index (χ1) is 12.5. The second kappa shape index (κ2) is 7.92. The van der Waals surface area contributed by atoms with Crippen molar-refractivity contribution in [3.8, 4) is 0 Å². The summed E-state index contributed by atoms with van der Waals surface area (Å²) in [5.74, 6) is -0.521. The number of carbonyl (C=O) groups excluding carboxylic acids is 1. The molecule has 0 unspecified atom stereocenters. The monoisotopic (exact) mass is 359 g/mol. The second-order valence-electron chi connectivity index (χ2n) is 6.00. The van der Waals surface area contributed by atoms with Gasteiger partial charge in [-0.25, -0.2) is 4.39 Å². The zero-order chi connectivity index (χ0) is 18.5. The molecule has 0 N–H and O–H groups in total. The SMILES string of the molecule is O=C(/C=C/c1ccc([N+](=O)[O-])o1)N1CCN(Cc2cccc(F)c2)CC1. The third kappa shape index (κ3) is 4.54. The number of rotatable bonds is 5. The third-order valence-corrected chi connectivity index (χ3v) is 4.16. The van der Waals surface area contributed by atoms with E-state index in [9.17, 15) is 19.3 Å². The minimum Gasteiger partial charge on any atom is -0.401 e. The van der Waals surface area contributed by atoms with E-state index >= 15 is 0 Å². The van der Waals surface area contributed by atoms with Gasteiger partial charge in [0.15, 0.2) is 0 Å². The predicted molar refractivity (Wildman–Crippen MR) is 92.7 cm³/mol. The van der Waals surface area contributed by atoms with Gasteiger partial charge in [-0.15, -0.1) is 0 Å². The molecule has 136 valence electrons. The lowest BCUT2D eigenvalue weighted by Gasteiger charge is -2.34. The van der Waals surface area contributed by atoms with Crippen LogP contribution in [-0.4, -0.2) is 46.8 Å². The first-order valence-electron chi connectivity index (χ1n) is 8.19. The third-order valence-electron chi connectivity index (χ3n) is 4.16. The number of nitrogens with zero attached hydrogens (tertiary/aromatic N) is 3. The van der Waals surface area contributed by atoms with Crippen LogP contribution in [0.5, 0.6) is 0 Å². The van der Waals surface area contributed by atoms with Crippen LogP contribution in [0.2, 0.25) is 0 Å². The van der Waals surface area contributed by atoms with Crippen molar-refractivity contribution in [1.29, 1.82) is 0 Å². The Morgan fingerprint density at radius 1 is 1.23 bits per heavy atom. The summed E-state index contributed by atoms with van der Waals surface area (Å²) in [4.78, 5) is 26.0. The fraction of sp³-hybridized carbons (Fsp3) is 0.278. The van der Waals surface area contributed by atoms with Crippen LogP contribution in [0.3, 0.4) is 0 Å². The summed E-state index contributed by atoms with van der Waals surface area (Å²) in [6, 6.07) is 9.19. The fourth-order valence-corrected chi connectivity index (χ4v) is 2.81. The molecule has 26 heavy (non-hydrogen) atoms. The number of nitro groups is 1. The average Bonchev–Trinajstić information content (AvgIpc) is 3.10. The topological polar surface area (TPSA) is 79.8 Å². The van der Waals surface area contributed by atoms with Crippen molar-refractivity contribution in [1.82, 2.24) is 9.80 Å². The van der Waals surface area contributed by atoms with Gasteiger partial charge in [0.1, 0.15) is 16.5 Å². The molecule has 0 radical (unpaired) electrons. The summed E-state index contributed by atoms with van der Waals surface area (Å²) in [7, 11) is 0. The lowest BCUT2D eigenvalue weighted by atomic mass is 10.2. The molecule has 1 amide bonds. The van der Waals surface area contributed by atoms with Crippen LogP contribution in [0, 0.1) is 15.9 Å². The van der Waals surface area contributed by atoms with Crippen LogP contribution in [0.1, 0.15) is 11.3 Å². The summed E-state index contributed by atoms with van der Waals surface area (Å²) in [5.41, 5.74) is 0.907. The van der Waals surface area contributed by atoms with E-state index in [0.717, 1.165) is 5.56 Å². The van der Waals surface area contributed by atoms with Crippen LogP contribution in [0.4, 0.5) is 10.3 Å². The highest BCUT2D eigenvalue weighted by Crippen LogP contribution is 2.17. The van der Waals surface area contributed by atoms with E-state index in [1.54, 1.807) is 11.0 Å². The van der Waals surface area contributed by atoms with E-state index < -0.39 is 4.92 Å². The van der Waals surface area contributed by atoms with Gasteiger partial charge < -0.3 is 9.32 Å². The highest BCUT2D eigenvalue weighted by atomic mass is 19.1. The number of furan rings is 1. The molecule has 0 spiro atoms. The van der Waals surface area contributed by atoms with Gasteiger partial charge in [0.25, 0.3) is 0 Å². The maximum Gasteiger partial charge on any atom is 0.433 e. The van der Waals surface area contributed by atoms with E-state index in [4.69, 9.17) is 4.42 Å². The maximum absolute atomic E-state index is 13.2. The van der Waals surface area contributed by atoms with Crippen molar-refractivity contribution < 1.29 is 18.5 Å². The Bertz CT molecular complexity index is 825. The lowest BCUT2D eigenvalue weighted by molar-refractivity contribution is -0.402. The molecule has 0 saturated carbocycles. The standard InChI is InChI=1S/C18H18FN3O4/c19-15-3-1-2-14(12-15)13-20-8-10-21(11-9-20)17(23)6-4-16-5-7-18(26-16)22(24)25/h1-7,12H,8-11,13H2/b6-4+. The average molecular weight is 359 g/mol. The Labute approximate surface area is 149 Å². The molecule has 0 atom stereocenters. The van der Waals surface area contributed by atoms with E-state index in [2.05, 4.69) is 4.90 Å². The number of hydrogen-bond acceptors (Lipinski definition) is 5. The maximum atomic E-state index is 13.2. The molecular weight excluding hydrogens is 341 g/mol. The van der Waals surface area contributed by atoms with E-state index in [-0.39, 0.29) is 23.4 Å². The number of piperazine rings is 1. The van der Waals surface area contributed by atoms with Crippen LogP contribution >= 0.6 is 0 Å². The fourth-order valence-electron chi connectivity index (χ4n) is 2.81. The first kappa shape index (κ1) is 17.8. The van der Waals surface area contributed by atoms with Gasteiger partial charge in [0.2, 0.25) is 5.91 Å². The molecule has 0 bridgehead atoms. The smallest absolute Gasteiger partial charge is 0.401 e. The summed E-state index contributed by atoms with van der Waals surface area (Å²) in [6.07, 6.45) is 2.78. The largest absolute Gasteiger partial charge is 0.433 e. The summed E-state index contributed by atoms with van der Waals surface area (Å²) >= 11 is 0. The van der Waals surface area contributed by atoms with Gasteiger partial charge >= 0.3 is 5.88 Å². The summed E-state index contributed by atoms with van der Waals surface area (Å²) in [5, 5.41) is 10.6. The summed E-state index contributed by atoms with van der Waals surface area (Å²) in [6.45, 7) is 3.17. The van der Waals surface area contributed by atoms with Crippen molar-refractivity contribution in [2.24, 2.45) is 0 Å². The van der Waals surface area contributed by atoms with Crippen molar-refractivity contribution in [2.75, 3.05) is 26.2 Å². The Hall–Kier alpha value is -3.00. The van der Waals surface area contributed by atoms with Gasteiger partial charge in [-0.3, -0.25) is 19.8 Å². The predicted octanol–water partition coefficient (Wildman–Crippen LogP) is 2.68. The molecule has 2 aromatic rings. The molecule has 1 aliphatic heterocycles. The molecule has 1 saturated heterocycles. The quantitative estimate of drug-likeness (QED) is 0.466. The Morgan fingerprint density at radius 2 is 2.00 bits per heavy atom. The Kier molecular flexibility index (Phi) is 5.43. The minimum absolute atomic E-state index is 0.172. The molecule has 7 nitrogen and oxygen atoms in total. The van der Waals surface area contributed by atoms with Crippen LogP contribution in [0.15, 0.2) is 46.9 Å². The Balaban J connectivity index is 1.50. The lowest BCUT2D eigenvalue weighted by Crippen LogP contribution is -2.47. The minimum atomic E-state index is -0.628. The molecule has 1 fully saturated rings. The molecule has 0 aliphatic carbocycles. The number of amides is 1. The number of halogens is 1. The number of benzene rings is 1. The van der Waals surface area contributed by atoms with Crippen LogP contribution in [-0.2, 0) is 11.3 Å². The van der Waals surface area contributed by atoms with Crippen molar-refractivity contribution >= 4 is 17.9 Å². The highest BCUT2D eigenvalue weighted by molar-refractivity contribution is 5.91. The number of carbonyl (C=O) groups is 1. The summed E-state index contributed by atoms with van der Waals surface area (Å²) < 4.78 is 18.2. The molecular formula is C18H18FN3O4. The van der Waals surface area contributed by atoms with Gasteiger partial charge in [0, 0.05) is 38.8 Å². The number of hydrogen-bond donors (Lipinski definition) is 0. The zero-order valence-corrected chi connectivity index (χ0v) is 14.0.